The Kier molecular flexibility index (Phi) is 5.92. The van der Waals surface area contributed by atoms with Crippen molar-refractivity contribution < 1.29 is 8.42 Å². The van der Waals surface area contributed by atoms with Gasteiger partial charge < -0.3 is 0 Å². The fraction of sp³-hybridized carbons (Fsp3) is 0.500. The van der Waals surface area contributed by atoms with Gasteiger partial charge in [-0.2, -0.15) is 0 Å². The van der Waals surface area contributed by atoms with Crippen molar-refractivity contribution in [2.24, 2.45) is 0 Å². The van der Waals surface area contributed by atoms with Crippen LogP contribution in [-0.2, 0) is 16.4 Å². The molecule has 0 unspecified atom stereocenters. The molecule has 0 saturated carbocycles. The largest absolute Gasteiger partial charge is 0.212 e. The standard InChI is InChI=1S/C12H17Cl2NO2S/c1-12(9-13,10-14)15-18(16,17)8-7-11-5-3-2-4-6-11/h2-6,15H,7-10H2,1H3. The molecule has 102 valence electrons. The van der Waals surface area contributed by atoms with E-state index in [0.717, 1.165) is 5.56 Å². The monoisotopic (exact) mass is 309 g/mol. The van der Waals surface area contributed by atoms with Crippen LogP contribution >= 0.6 is 23.2 Å². The van der Waals surface area contributed by atoms with Crippen LogP contribution in [0.1, 0.15) is 12.5 Å². The van der Waals surface area contributed by atoms with E-state index in [-0.39, 0.29) is 17.5 Å². The average molecular weight is 310 g/mol. The second-order valence-corrected chi connectivity index (χ2v) is 6.86. The zero-order valence-corrected chi connectivity index (χ0v) is 12.5. The second-order valence-electron chi connectivity index (χ2n) is 4.48. The van der Waals surface area contributed by atoms with E-state index in [0.29, 0.717) is 6.42 Å². The van der Waals surface area contributed by atoms with Crippen molar-refractivity contribution in [2.45, 2.75) is 18.9 Å². The average Bonchev–Trinajstić information content (AvgIpc) is 2.37. The molecule has 1 N–H and O–H groups in total. The first-order valence-corrected chi connectivity index (χ1v) is 8.30. The minimum atomic E-state index is -3.38. The van der Waals surface area contributed by atoms with Gasteiger partial charge in [0.15, 0.2) is 0 Å². The Morgan fingerprint density at radius 3 is 2.22 bits per heavy atom. The van der Waals surface area contributed by atoms with E-state index < -0.39 is 15.6 Å². The smallest absolute Gasteiger partial charge is 0.212 e. The fourth-order valence-corrected chi connectivity index (χ4v) is 3.49. The first kappa shape index (κ1) is 15.8. The first-order chi connectivity index (χ1) is 8.41. The van der Waals surface area contributed by atoms with Gasteiger partial charge in [-0.25, -0.2) is 13.1 Å². The summed E-state index contributed by atoms with van der Waals surface area (Å²) in [5, 5.41) is 0. The van der Waals surface area contributed by atoms with Crippen LogP contribution in [-0.4, -0.2) is 31.5 Å². The number of nitrogens with one attached hydrogen (secondary N) is 1. The van der Waals surface area contributed by atoms with Crippen LogP contribution in [0, 0.1) is 0 Å². The Balaban J connectivity index is 2.61. The van der Waals surface area contributed by atoms with E-state index >= 15 is 0 Å². The summed E-state index contributed by atoms with van der Waals surface area (Å²) in [5.74, 6) is 0.308. The van der Waals surface area contributed by atoms with Gasteiger partial charge in [-0.05, 0) is 18.9 Å². The molecule has 0 aliphatic carbocycles. The fourth-order valence-electron chi connectivity index (χ4n) is 1.41. The number of rotatable bonds is 7. The molecule has 0 atom stereocenters. The predicted octanol–water partition coefficient (Wildman–Crippen LogP) is 2.38. The number of hydrogen-bond acceptors (Lipinski definition) is 2. The van der Waals surface area contributed by atoms with Gasteiger partial charge in [0.05, 0.1) is 11.3 Å². The lowest BCUT2D eigenvalue weighted by Crippen LogP contribution is -2.50. The third kappa shape index (κ3) is 5.14. The predicted molar refractivity (Wildman–Crippen MR) is 76.9 cm³/mol. The van der Waals surface area contributed by atoms with Crippen LogP contribution in [0.4, 0.5) is 0 Å². The van der Waals surface area contributed by atoms with E-state index in [4.69, 9.17) is 23.2 Å². The van der Waals surface area contributed by atoms with Gasteiger partial charge in [0.1, 0.15) is 0 Å². The molecule has 0 aromatic heterocycles. The highest BCUT2D eigenvalue weighted by Crippen LogP contribution is 2.11. The van der Waals surface area contributed by atoms with E-state index in [1.807, 2.05) is 30.3 Å². The molecule has 1 aromatic rings. The van der Waals surface area contributed by atoms with Crippen molar-refractivity contribution in [1.29, 1.82) is 0 Å². The quantitative estimate of drug-likeness (QED) is 0.786. The maximum atomic E-state index is 11.9. The van der Waals surface area contributed by atoms with Crippen molar-refractivity contribution in [3.63, 3.8) is 0 Å². The Morgan fingerprint density at radius 2 is 1.72 bits per heavy atom. The summed E-state index contributed by atoms with van der Waals surface area (Å²) in [6.45, 7) is 1.69. The molecule has 0 aliphatic heterocycles. The summed E-state index contributed by atoms with van der Waals surface area (Å²) >= 11 is 11.4. The Bertz CT molecular complexity index is 458. The zero-order chi connectivity index (χ0) is 13.6. The molecule has 0 radical (unpaired) electrons. The molecule has 0 amide bonds. The van der Waals surface area contributed by atoms with Gasteiger partial charge in [0, 0.05) is 11.8 Å². The van der Waals surface area contributed by atoms with E-state index in [1.165, 1.54) is 0 Å². The van der Waals surface area contributed by atoms with Crippen LogP contribution in [0.15, 0.2) is 30.3 Å². The molecule has 0 heterocycles. The Hall–Kier alpha value is -0.290. The van der Waals surface area contributed by atoms with Gasteiger partial charge in [0.2, 0.25) is 10.0 Å². The van der Waals surface area contributed by atoms with Crippen molar-refractivity contribution in [3.8, 4) is 0 Å². The first-order valence-electron chi connectivity index (χ1n) is 5.58. The van der Waals surface area contributed by atoms with Crippen LogP contribution in [0.2, 0.25) is 0 Å². The summed E-state index contributed by atoms with van der Waals surface area (Å²) in [6, 6.07) is 9.47. The molecule has 3 nitrogen and oxygen atoms in total. The number of hydrogen-bond donors (Lipinski definition) is 1. The molecular weight excluding hydrogens is 293 g/mol. The van der Waals surface area contributed by atoms with Crippen LogP contribution in [0.3, 0.4) is 0 Å². The Labute approximate surface area is 119 Å². The normalized spacial score (nSPS) is 12.6. The maximum absolute atomic E-state index is 11.9. The van der Waals surface area contributed by atoms with Gasteiger partial charge in [0.25, 0.3) is 0 Å². The summed E-state index contributed by atoms with van der Waals surface area (Å²) in [4.78, 5) is 0. The lowest BCUT2D eigenvalue weighted by Gasteiger charge is -2.25. The van der Waals surface area contributed by atoms with Gasteiger partial charge in [-0.3, -0.25) is 0 Å². The third-order valence-electron chi connectivity index (χ3n) is 2.49. The lowest BCUT2D eigenvalue weighted by molar-refractivity contribution is 0.500. The van der Waals surface area contributed by atoms with Crippen molar-refractivity contribution in [2.75, 3.05) is 17.5 Å². The minimum Gasteiger partial charge on any atom is -0.212 e. The Morgan fingerprint density at radius 1 is 1.17 bits per heavy atom. The highest BCUT2D eigenvalue weighted by molar-refractivity contribution is 7.89. The summed E-state index contributed by atoms with van der Waals surface area (Å²) in [6.07, 6.45) is 0.469. The van der Waals surface area contributed by atoms with Gasteiger partial charge in [-0.15, -0.1) is 23.2 Å². The second kappa shape index (κ2) is 6.75. The topological polar surface area (TPSA) is 46.2 Å². The maximum Gasteiger partial charge on any atom is 0.212 e. The van der Waals surface area contributed by atoms with E-state index in [1.54, 1.807) is 6.92 Å². The van der Waals surface area contributed by atoms with E-state index in [9.17, 15) is 8.42 Å². The van der Waals surface area contributed by atoms with Crippen molar-refractivity contribution in [1.82, 2.24) is 4.72 Å². The minimum absolute atomic E-state index is 0.0282. The molecule has 1 aromatic carbocycles. The van der Waals surface area contributed by atoms with Gasteiger partial charge in [-0.1, -0.05) is 30.3 Å². The van der Waals surface area contributed by atoms with Crippen molar-refractivity contribution in [3.05, 3.63) is 35.9 Å². The summed E-state index contributed by atoms with van der Waals surface area (Å²) < 4.78 is 26.4. The van der Waals surface area contributed by atoms with Crippen LogP contribution in [0.25, 0.3) is 0 Å². The summed E-state index contributed by atoms with van der Waals surface area (Å²) in [7, 11) is -3.38. The number of benzene rings is 1. The molecule has 18 heavy (non-hydrogen) atoms. The van der Waals surface area contributed by atoms with Crippen molar-refractivity contribution >= 4 is 33.2 Å². The number of aryl methyl sites for hydroxylation is 1. The molecule has 0 bridgehead atoms. The molecule has 0 saturated heterocycles. The molecule has 1 rings (SSSR count). The highest BCUT2D eigenvalue weighted by Gasteiger charge is 2.27. The third-order valence-corrected chi connectivity index (χ3v) is 5.22. The number of sulfonamides is 1. The lowest BCUT2D eigenvalue weighted by atomic mass is 10.1. The van der Waals surface area contributed by atoms with Crippen LogP contribution in [0.5, 0.6) is 0 Å². The molecular formula is C12H17Cl2NO2S. The SMILES string of the molecule is CC(CCl)(CCl)NS(=O)(=O)CCc1ccccc1. The highest BCUT2D eigenvalue weighted by atomic mass is 35.5. The molecule has 0 aliphatic rings. The molecule has 0 fully saturated rings. The molecule has 6 heteroatoms. The van der Waals surface area contributed by atoms with Crippen LogP contribution < -0.4 is 4.72 Å². The van der Waals surface area contributed by atoms with Gasteiger partial charge >= 0.3 is 0 Å². The molecule has 0 spiro atoms. The number of halogens is 2. The summed E-state index contributed by atoms with van der Waals surface area (Å²) in [5.41, 5.74) is 0.194. The van der Waals surface area contributed by atoms with E-state index in [2.05, 4.69) is 4.72 Å². The number of alkyl halides is 2. The zero-order valence-electron chi connectivity index (χ0n) is 10.2.